The van der Waals surface area contributed by atoms with Crippen molar-refractivity contribution in [2.75, 3.05) is 24.2 Å². The molecule has 0 aliphatic heterocycles. The summed E-state index contributed by atoms with van der Waals surface area (Å²) in [5.41, 5.74) is 0.715. The predicted octanol–water partition coefficient (Wildman–Crippen LogP) is 0.497. The molecule has 6 nitrogen and oxygen atoms in total. The maximum atomic E-state index is 11.6. The number of rotatable bonds is 4. The van der Waals surface area contributed by atoms with E-state index in [4.69, 9.17) is 5.26 Å². The average molecular weight is 268 g/mol. The maximum absolute atomic E-state index is 11.6. The van der Waals surface area contributed by atoms with Crippen LogP contribution in [0.5, 0.6) is 0 Å². The van der Waals surface area contributed by atoms with Crippen LogP contribution in [0.2, 0.25) is 0 Å². The lowest BCUT2D eigenvalue weighted by Gasteiger charge is -2.20. The molecular formula is C11H12N2O4S. The molecule has 1 aromatic carbocycles. The number of esters is 1. The van der Waals surface area contributed by atoms with Gasteiger partial charge >= 0.3 is 5.97 Å². The molecule has 0 radical (unpaired) electrons. The fraction of sp³-hybridized carbons (Fsp3) is 0.273. The van der Waals surface area contributed by atoms with E-state index < -0.39 is 22.5 Å². The van der Waals surface area contributed by atoms with Crippen LogP contribution in [-0.2, 0) is 19.6 Å². The summed E-state index contributed by atoms with van der Waals surface area (Å²) in [6, 6.07) is 7.80. The highest BCUT2D eigenvalue weighted by Crippen LogP contribution is 2.17. The van der Waals surface area contributed by atoms with E-state index in [1.807, 2.05) is 6.07 Å². The van der Waals surface area contributed by atoms with Crippen LogP contribution in [0.1, 0.15) is 5.56 Å². The molecule has 0 aromatic heterocycles. The Morgan fingerprint density at radius 3 is 2.33 bits per heavy atom. The van der Waals surface area contributed by atoms with Gasteiger partial charge in [0.15, 0.2) is 0 Å². The first-order valence-electron chi connectivity index (χ1n) is 4.93. The molecule has 18 heavy (non-hydrogen) atoms. The summed E-state index contributed by atoms with van der Waals surface area (Å²) in [6.45, 7) is -0.402. The molecule has 0 atom stereocenters. The zero-order valence-corrected chi connectivity index (χ0v) is 10.8. The summed E-state index contributed by atoms with van der Waals surface area (Å²) in [7, 11) is -2.41. The zero-order chi connectivity index (χ0) is 13.8. The molecule has 0 saturated heterocycles. The Kier molecular flexibility index (Phi) is 4.28. The third kappa shape index (κ3) is 3.46. The van der Waals surface area contributed by atoms with Crippen LogP contribution >= 0.6 is 0 Å². The van der Waals surface area contributed by atoms with E-state index in [1.165, 1.54) is 31.4 Å². The summed E-state index contributed by atoms with van der Waals surface area (Å²) in [5, 5.41) is 8.65. The molecule has 1 rings (SSSR count). The summed E-state index contributed by atoms with van der Waals surface area (Å²) >= 11 is 0. The number of benzene rings is 1. The lowest BCUT2D eigenvalue weighted by molar-refractivity contribution is -0.138. The van der Waals surface area contributed by atoms with Crippen molar-refractivity contribution in [2.24, 2.45) is 0 Å². The Hall–Kier alpha value is -2.07. The van der Waals surface area contributed by atoms with E-state index in [-0.39, 0.29) is 0 Å². The minimum absolute atomic E-state index is 0.307. The number of methoxy groups -OCH3 is 1. The topological polar surface area (TPSA) is 87.5 Å². The lowest BCUT2D eigenvalue weighted by Crippen LogP contribution is -2.35. The van der Waals surface area contributed by atoms with E-state index in [1.54, 1.807) is 0 Å². The summed E-state index contributed by atoms with van der Waals surface area (Å²) in [5.74, 6) is -0.662. The SMILES string of the molecule is COC(=O)CN(c1ccc(C#N)cc1)S(C)(=O)=O. The molecule has 96 valence electrons. The van der Waals surface area contributed by atoms with Gasteiger partial charge in [0.1, 0.15) is 6.54 Å². The van der Waals surface area contributed by atoms with Crippen LogP contribution in [0, 0.1) is 11.3 Å². The number of hydrogen-bond acceptors (Lipinski definition) is 5. The number of sulfonamides is 1. The molecule has 0 amide bonds. The monoisotopic (exact) mass is 268 g/mol. The Labute approximate surface area is 105 Å². The molecular weight excluding hydrogens is 256 g/mol. The fourth-order valence-electron chi connectivity index (χ4n) is 1.28. The van der Waals surface area contributed by atoms with Gasteiger partial charge in [-0.3, -0.25) is 9.10 Å². The van der Waals surface area contributed by atoms with Crippen LogP contribution in [0.3, 0.4) is 0 Å². The Morgan fingerprint density at radius 2 is 1.94 bits per heavy atom. The van der Waals surface area contributed by atoms with Gasteiger partial charge in [-0.1, -0.05) is 0 Å². The summed E-state index contributed by atoms with van der Waals surface area (Å²) in [4.78, 5) is 11.2. The number of carbonyl (C=O) groups excluding carboxylic acids is 1. The molecule has 0 unspecified atom stereocenters. The van der Waals surface area contributed by atoms with Gasteiger partial charge in [-0.05, 0) is 24.3 Å². The van der Waals surface area contributed by atoms with Gasteiger partial charge in [-0.25, -0.2) is 8.42 Å². The standard InChI is InChI=1S/C11H12N2O4S/c1-17-11(14)8-13(18(2,15)16)10-5-3-9(7-12)4-6-10/h3-6H,8H2,1-2H3. The Bertz CT molecular complexity index is 572. The van der Waals surface area contributed by atoms with Crippen LogP contribution in [0.4, 0.5) is 5.69 Å². The average Bonchev–Trinajstić information content (AvgIpc) is 2.34. The molecule has 0 spiro atoms. The maximum Gasteiger partial charge on any atom is 0.326 e. The zero-order valence-electron chi connectivity index (χ0n) is 9.95. The Balaban J connectivity index is 3.11. The number of nitriles is 1. The van der Waals surface area contributed by atoms with Crippen LogP contribution < -0.4 is 4.31 Å². The van der Waals surface area contributed by atoms with Crippen LogP contribution in [0.15, 0.2) is 24.3 Å². The van der Waals surface area contributed by atoms with Crippen molar-refractivity contribution in [3.63, 3.8) is 0 Å². The molecule has 0 heterocycles. The van der Waals surface area contributed by atoms with Gasteiger partial charge < -0.3 is 4.74 Å². The fourth-order valence-corrected chi connectivity index (χ4v) is 2.13. The third-order valence-corrected chi connectivity index (χ3v) is 3.33. The molecule has 1 aromatic rings. The van der Waals surface area contributed by atoms with Crippen molar-refractivity contribution in [3.8, 4) is 6.07 Å². The second kappa shape index (κ2) is 5.51. The first kappa shape index (κ1) is 14.0. The van der Waals surface area contributed by atoms with E-state index >= 15 is 0 Å². The molecule has 0 N–H and O–H groups in total. The van der Waals surface area contributed by atoms with E-state index in [0.717, 1.165) is 10.6 Å². The first-order valence-corrected chi connectivity index (χ1v) is 6.78. The van der Waals surface area contributed by atoms with Crippen molar-refractivity contribution in [3.05, 3.63) is 29.8 Å². The van der Waals surface area contributed by atoms with Gasteiger partial charge in [0.2, 0.25) is 10.0 Å². The lowest BCUT2D eigenvalue weighted by atomic mass is 10.2. The van der Waals surface area contributed by atoms with Crippen LogP contribution in [-0.4, -0.2) is 34.3 Å². The number of ether oxygens (including phenoxy) is 1. The highest BCUT2D eigenvalue weighted by Gasteiger charge is 2.20. The number of hydrogen-bond donors (Lipinski definition) is 0. The van der Waals surface area contributed by atoms with Gasteiger partial charge in [0.05, 0.1) is 30.7 Å². The highest BCUT2D eigenvalue weighted by atomic mass is 32.2. The van der Waals surface area contributed by atoms with Gasteiger partial charge in [0.25, 0.3) is 0 Å². The number of nitrogens with zero attached hydrogens (tertiary/aromatic N) is 2. The third-order valence-electron chi connectivity index (χ3n) is 2.19. The van der Waals surface area contributed by atoms with E-state index in [9.17, 15) is 13.2 Å². The molecule has 0 aliphatic rings. The predicted molar refractivity (Wildman–Crippen MR) is 65.4 cm³/mol. The molecule has 0 fully saturated rings. The van der Waals surface area contributed by atoms with Gasteiger partial charge in [0, 0.05) is 0 Å². The van der Waals surface area contributed by atoms with Crippen molar-refractivity contribution in [1.29, 1.82) is 5.26 Å². The summed E-state index contributed by atoms with van der Waals surface area (Å²) < 4.78 is 28.5. The van der Waals surface area contributed by atoms with Gasteiger partial charge in [-0.2, -0.15) is 5.26 Å². The van der Waals surface area contributed by atoms with E-state index in [2.05, 4.69) is 4.74 Å². The van der Waals surface area contributed by atoms with Crippen molar-refractivity contribution < 1.29 is 17.9 Å². The normalized spacial score (nSPS) is 10.5. The number of anilines is 1. The van der Waals surface area contributed by atoms with Crippen molar-refractivity contribution >= 4 is 21.7 Å². The van der Waals surface area contributed by atoms with Crippen molar-refractivity contribution in [2.45, 2.75) is 0 Å². The minimum Gasteiger partial charge on any atom is -0.468 e. The molecule has 0 aliphatic carbocycles. The van der Waals surface area contributed by atoms with Crippen molar-refractivity contribution in [1.82, 2.24) is 0 Å². The molecule has 0 bridgehead atoms. The quantitative estimate of drug-likeness (QED) is 0.742. The van der Waals surface area contributed by atoms with Gasteiger partial charge in [-0.15, -0.1) is 0 Å². The Morgan fingerprint density at radius 1 is 1.39 bits per heavy atom. The number of carbonyl (C=O) groups is 1. The second-order valence-electron chi connectivity index (χ2n) is 3.50. The highest BCUT2D eigenvalue weighted by molar-refractivity contribution is 7.92. The molecule has 0 saturated carbocycles. The van der Waals surface area contributed by atoms with Crippen LogP contribution in [0.25, 0.3) is 0 Å². The molecule has 7 heteroatoms. The minimum atomic E-state index is -3.59. The first-order chi connectivity index (χ1) is 8.38. The van der Waals surface area contributed by atoms with E-state index in [0.29, 0.717) is 11.3 Å². The largest absolute Gasteiger partial charge is 0.468 e. The second-order valence-corrected chi connectivity index (χ2v) is 5.41. The smallest absolute Gasteiger partial charge is 0.326 e. The summed E-state index contributed by atoms with van der Waals surface area (Å²) in [6.07, 6.45) is 0.994.